The number of carbonyl (C=O) groups excluding carboxylic acids is 2. The van der Waals surface area contributed by atoms with E-state index in [9.17, 15) is 22.8 Å². The van der Waals surface area contributed by atoms with Gasteiger partial charge in [0.15, 0.2) is 0 Å². The standard InChI is InChI=1S/C5H4F3NO3/c1-4(5(6,7)8)2(10)9-3(11)12-4/h1H3,(H,9,10,11). The summed E-state index contributed by atoms with van der Waals surface area (Å²) in [5, 5.41) is 1.39. The van der Waals surface area contributed by atoms with Gasteiger partial charge in [0.05, 0.1) is 0 Å². The van der Waals surface area contributed by atoms with Gasteiger partial charge in [0.25, 0.3) is 11.5 Å². The molecule has 7 heteroatoms. The van der Waals surface area contributed by atoms with Crippen molar-refractivity contribution in [2.24, 2.45) is 0 Å². The summed E-state index contributed by atoms with van der Waals surface area (Å²) >= 11 is 0. The molecular weight excluding hydrogens is 179 g/mol. The molecule has 0 aromatic heterocycles. The lowest BCUT2D eigenvalue weighted by atomic mass is 10.1. The molecule has 0 bridgehead atoms. The Bertz CT molecular complexity index is 249. The zero-order valence-electron chi connectivity index (χ0n) is 5.86. The molecule has 1 fully saturated rings. The number of hydrogen-bond acceptors (Lipinski definition) is 3. The number of cyclic esters (lactones) is 1. The molecule has 0 aromatic rings. The normalized spacial score (nSPS) is 30.0. The lowest BCUT2D eigenvalue weighted by Gasteiger charge is -2.21. The summed E-state index contributed by atoms with van der Waals surface area (Å²) in [6.07, 6.45) is -6.26. The number of carbonyl (C=O) groups is 2. The predicted molar refractivity (Wildman–Crippen MR) is 29.1 cm³/mol. The zero-order chi connectivity index (χ0) is 9.57. The van der Waals surface area contributed by atoms with Gasteiger partial charge in [0.2, 0.25) is 0 Å². The van der Waals surface area contributed by atoms with Crippen LogP contribution in [-0.4, -0.2) is 23.8 Å². The van der Waals surface area contributed by atoms with E-state index in [1.165, 1.54) is 5.32 Å². The Labute approximate surface area is 64.7 Å². The third-order valence-electron chi connectivity index (χ3n) is 1.49. The number of amides is 2. The topological polar surface area (TPSA) is 55.4 Å². The van der Waals surface area contributed by atoms with Crippen LogP contribution < -0.4 is 5.32 Å². The molecule has 1 heterocycles. The average molecular weight is 183 g/mol. The fourth-order valence-electron chi connectivity index (χ4n) is 0.656. The summed E-state index contributed by atoms with van der Waals surface area (Å²) in [6.45, 7) is 0.493. The van der Waals surface area contributed by atoms with Crippen LogP contribution >= 0.6 is 0 Å². The highest BCUT2D eigenvalue weighted by Crippen LogP contribution is 2.35. The number of nitrogens with one attached hydrogen (secondary N) is 1. The molecule has 1 aliphatic rings. The number of alkyl carbamates (subject to hydrolysis) is 1. The summed E-state index contributed by atoms with van der Waals surface area (Å²) in [5.74, 6) is -1.49. The molecule has 4 nitrogen and oxygen atoms in total. The molecule has 1 rings (SSSR count). The van der Waals surface area contributed by atoms with Crippen LogP contribution in [0.3, 0.4) is 0 Å². The second-order valence-electron chi connectivity index (χ2n) is 2.37. The Morgan fingerprint density at radius 1 is 1.42 bits per heavy atom. The van der Waals surface area contributed by atoms with E-state index in [0.717, 1.165) is 0 Å². The van der Waals surface area contributed by atoms with Crippen molar-refractivity contribution < 1.29 is 27.5 Å². The fraction of sp³-hybridized carbons (Fsp3) is 0.600. The van der Waals surface area contributed by atoms with Gasteiger partial charge in [-0.25, -0.2) is 4.79 Å². The minimum atomic E-state index is -4.89. The Morgan fingerprint density at radius 2 is 1.92 bits per heavy atom. The molecule has 1 saturated heterocycles. The van der Waals surface area contributed by atoms with Gasteiger partial charge < -0.3 is 4.74 Å². The maximum Gasteiger partial charge on any atom is 0.437 e. The van der Waals surface area contributed by atoms with Gasteiger partial charge in [-0.1, -0.05) is 0 Å². The van der Waals surface area contributed by atoms with Gasteiger partial charge in [-0.15, -0.1) is 0 Å². The van der Waals surface area contributed by atoms with E-state index >= 15 is 0 Å². The maximum absolute atomic E-state index is 12.0. The molecule has 0 spiro atoms. The van der Waals surface area contributed by atoms with Crippen molar-refractivity contribution in [1.29, 1.82) is 0 Å². The molecule has 1 aliphatic heterocycles. The van der Waals surface area contributed by atoms with E-state index in [4.69, 9.17) is 0 Å². The molecule has 1 atom stereocenters. The summed E-state index contributed by atoms with van der Waals surface area (Å²) in [6, 6.07) is 0. The second kappa shape index (κ2) is 2.11. The molecule has 0 saturated carbocycles. The molecular formula is C5H4F3NO3. The fourth-order valence-corrected chi connectivity index (χ4v) is 0.656. The average Bonchev–Trinajstić information content (AvgIpc) is 2.06. The molecule has 0 aromatic carbocycles. The SMILES string of the molecule is CC1(C(F)(F)F)OC(=O)NC1=O. The van der Waals surface area contributed by atoms with Gasteiger partial charge in [0.1, 0.15) is 0 Å². The molecule has 1 unspecified atom stereocenters. The summed E-state index contributed by atoms with van der Waals surface area (Å²) in [7, 11) is 0. The van der Waals surface area contributed by atoms with E-state index in [0.29, 0.717) is 6.92 Å². The largest absolute Gasteiger partial charge is 0.437 e. The highest BCUT2D eigenvalue weighted by atomic mass is 19.4. The maximum atomic E-state index is 12.0. The molecule has 0 radical (unpaired) electrons. The summed E-state index contributed by atoms with van der Waals surface area (Å²) in [5.41, 5.74) is -3.04. The monoisotopic (exact) mass is 183 g/mol. The van der Waals surface area contributed by atoms with Crippen molar-refractivity contribution in [3.8, 4) is 0 Å². The van der Waals surface area contributed by atoms with E-state index in [2.05, 4.69) is 4.74 Å². The van der Waals surface area contributed by atoms with Crippen molar-refractivity contribution in [2.45, 2.75) is 18.7 Å². The van der Waals surface area contributed by atoms with E-state index in [-0.39, 0.29) is 0 Å². The van der Waals surface area contributed by atoms with Gasteiger partial charge >= 0.3 is 12.3 Å². The van der Waals surface area contributed by atoms with E-state index in [1.54, 1.807) is 0 Å². The molecule has 12 heavy (non-hydrogen) atoms. The number of ether oxygens (including phenoxy) is 1. The molecule has 1 N–H and O–H groups in total. The van der Waals surface area contributed by atoms with E-state index in [1.807, 2.05) is 0 Å². The third kappa shape index (κ3) is 1.01. The van der Waals surface area contributed by atoms with Gasteiger partial charge in [-0.05, 0) is 6.92 Å². The van der Waals surface area contributed by atoms with E-state index < -0.39 is 23.8 Å². The first-order valence-electron chi connectivity index (χ1n) is 2.88. The molecule has 0 aliphatic carbocycles. The lowest BCUT2D eigenvalue weighted by Crippen LogP contribution is -2.49. The van der Waals surface area contributed by atoms with Crippen LogP contribution in [0, 0.1) is 0 Å². The summed E-state index contributed by atoms with van der Waals surface area (Å²) < 4.78 is 39.9. The third-order valence-corrected chi connectivity index (χ3v) is 1.49. The van der Waals surface area contributed by atoms with Crippen molar-refractivity contribution >= 4 is 12.0 Å². The van der Waals surface area contributed by atoms with Crippen molar-refractivity contribution in [3.05, 3.63) is 0 Å². The molecule has 68 valence electrons. The highest BCUT2D eigenvalue weighted by Gasteiger charge is 2.64. The smallest absolute Gasteiger partial charge is 0.423 e. The van der Waals surface area contributed by atoms with Gasteiger partial charge in [-0.3, -0.25) is 10.1 Å². The number of alkyl halides is 3. The Morgan fingerprint density at radius 3 is 2.08 bits per heavy atom. The molecule has 2 amide bonds. The van der Waals surface area contributed by atoms with Gasteiger partial charge in [-0.2, -0.15) is 13.2 Å². The first kappa shape index (κ1) is 8.82. The number of rotatable bonds is 0. The van der Waals surface area contributed by atoms with Crippen LogP contribution in [0.15, 0.2) is 0 Å². The zero-order valence-corrected chi connectivity index (χ0v) is 5.86. The number of imide groups is 1. The number of hydrogen-bond donors (Lipinski definition) is 1. The second-order valence-corrected chi connectivity index (χ2v) is 2.37. The quantitative estimate of drug-likeness (QED) is 0.597. The van der Waals surface area contributed by atoms with Crippen LogP contribution in [0.4, 0.5) is 18.0 Å². The Balaban J connectivity index is 3.00. The first-order valence-corrected chi connectivity index (χ1v) is 2.88. The van der Waals surface area contributed by atoms with Crippen LogP contribution in [0.1, 0.15) is 6.92 Å². The summed E-state index contributed by atoms with van der Waals surface area (Å²) in [4.78, 5) is 20.8. The minimum Gasteiger partial charge on any atom is -0.423 e. The van der Waals surface area contributed by atoms with Gasteiger partial charge in [0, 0.05) is 0 Å². The van der Waals surface area contributed by atoms with Crippen LogP contribution in [-0.2, 0) is 9.53 Å². The van der Waals surface area contributed by atoms with Crippen LogP contribution in [0.5, 0.6) is 0 Å². The number of halogens is 3. The minimum absolute atomic E-state index is 0.493. The van der Waals surface area contributed by atoms with Crippen molar-refractivity contribution in [2.75, 3.05) is 0 Å². The van der Waals surface area contributed by atoms with Crippen molar-refractivity contribution in [1.82, 2.24) is 5.32 Å². The Hall–Kier alpha value is -1.27. The van der Waals surface area contributed by atoms with Crippen molar-refractivity contribution in [3.63, 3.8) is 0 Å². The van der Waals surface area contributed by atoms with Crippen LogP contribution in [0.2, 0.25) is 0 Å². The lowest BCUT2D eigenvalue weighted by molar-refractivity contribution is -0.234. The van der Waals surface area contributed by atoms with Crippen LogP contribution in [0.25, 0.3) is 0 Å². The predicted octanol–water partition coefficient (Wildman–Crippen LogP) is 0.574. The highest BCUT2D eigenvalue weighted by molar-refractivity contribution is 6.03. The first-order chi connectivity index (χ1) is 5.27. The Kier molecular flexibility index (Phi) is 1.55.